The van der Waals surface area contributed by atoms with Crippen molar-refractivity contribution in [3.63, 3.8) is 0 Å². The molecule has 0 spiro atoms. The summed E-state index contributed by atoms with van der Waals surface area (Å²) in [5, 5.41) is 3.74. The average molecular weight is 266 g/mol. The van der Waals surface area contributed by atoms with Gasteiger partial charge in [-0.2, -0.15) is 0 Å². The summed E-state index contributed by atoms with van der Waals surface area (Å²) >= 11 is 6.11. The quantitative estimate of drug-likeness (QED) is 0.899. The van der Waals surface area contributed by atoms with Crippen LogP contribution in [0.4, 0.5) is 10.1 Å². The van der Waals surface area contributed by atoms with E-state index in [9.17, 15) is 4.39 Å². The van der Waals surface area contributed by atoms with Crippen LogP contribution in [0.1, 0.15) is 5.56 Å². The zero-order valence-electron chi connectivity index (χ0n) is 9.91. The van der Waals surface area contributed by atoms with Crippen molar-refractivity contribution in [2.24, 2.45) is 0 Å². The molecule has 18 heavy (non-hydrogen) atoms. The van der Waals surface area contributed by atoms with Crippen LogP contribution in [-0.2, 0) is 6.54 Å². The molecule has 0 fully saturated rings. The largest absolute Gasteiger partial charge is 0.496 e. The van der Waals surface area contributed by atoms with Crippen LogP contribution in [0.5, 0.6) is 5.75 Å². The molecule has 0 radical (unpaired) electrons. The lowest BCUT2D eigenvalue weighted by atomic mass is 10.2. The highest BCUT2D eigenvalue weighted by Crippen LogP contribution is 2.27. The van der Waals surface area contributed by atoms with Crippen LogP contribution in [0.3, 0.4) is 0 Å². The van der Waals surface area contributed by atoms with Gasteiger partial charge in [0.05, 0.1) is 7.11 Å². The van der Waals surface area contributed by atoms with E-state index in [2.05, 4.69) is 5.32 Å². The van der Waals surface area contributed by atoms with Gasteiger partial charge in [0, 0.05) is 22.8 Å². The van der Waals surface area contributed by atoms with Crippen molar-refractivity contribution in [2.75, 3.05) is 12.4 Å². The smallest absolute Gasteiger partial charge is 0.125 e. The minimum absolute atomic E-state index is 0.272. The van der Waals surface area contributed by atoms with Gasteiger partial charge in [0.2, 0.25) is 0 Å². The first-order chi connectivity index (χ1) is 8.70. The highest BCUT2D eigenvalue weighted by atomic mass is 35.5. The van der Waals surface area contributed by atoms with Gasteiger partial charge in [-0.3, -0.25) is 0 Å². The summed E-state index contributed by atoms with van der Waals surface area (Å²) in [5.41, 5.74) is 1.56. The molecule has 0 amide bonds. The fourth-order valence-corrected chi connectivity index (χ4v) is 1.92. The Balaban J connectivity index is 2.15. The predicted molar refractivity (Wildman–Crippen MR) is 71.7 cm³/mol. The highest BCUT2D eigenvalue weighted by Gasteiger charge is 2.07. The molecule has 0 aliphatic heterocycles. The van der Waals surface area contributed by atoms with Crippen LogP contribution in [-0.4, -0.2) is 7.11 Å². The third kappa shape index (κ3) is 2.93. The number of ether oxygens (including phenoxy) is 1. The van der Waals surface area contributed by atoms with Gasteiger partial charge in [-0.15, -0.1) is 0 Å². The summed E-state index contributed by atoms with van der Waals surface area (Å²) in [5.74, 6) is 0.442. The molecule has 2 aromatic rings. The number of anilines is 1. The Morgan fingerprint density at radius 2 is 2.00 bits per heavy atom. The number of nitrogens with one attached hydrogen (secondary N) is 1. The van der Waals surface area contributed by atoms with Crippen molar-refractivity contribution in [1.82, 2.24) is 0 Å². The monoisotopic (exact) mass is 265 g/mol. The summed E-state index contributed by atoms with van der Waals surface area (Å²) in [7, 11) is 1.59. The van der Waals surface area contributed by atoms with Crippen LogP contribution in [0, 0.1) is 5.82 Å². The first kappa shape index (κ1) is 12.7. The van der Waals surface area contributed by atoms with Crippen LogP contribution < -0.4 is 10.1 Å². The highest BCUT2D eigenvalue weighted by molar-refractivity contribution is 6.31. The SMILES string of the molecule is COc1cccc(Cl)c1CNc1cccc(F)c1. The fourth-order valence-electron chi connectivity index (χ4n) is 1.69. The first-order valence-corrected chi connectivity index (χ1v) is 5.89. The molecule has 1 N–H and O–H groups in total. The summed E-state index contributed by atoms with van der Waals surface area (Å²) in [6, 6.07) is 11.8. The maximum Gasteiger partial charge on any atom is 0.125 e. The number of halogens is 2. The van der Waals surface area contributed by atoms with Crippen molar-refractivity contribution in [3.8, 4) is 5.75 Å². The molecule has 0 aromatic heterocycles. The minimum Gasteiger partial charge on any atom is -0.496 e. The molecule has 4 heteroatoms. The minimum atomic E-state index is -0.272. The lowest BCUT2D eigenvalue weighted by Gasteiger charge is -2.12. The number of hydrogen-bond acceptors (Lipinski definition) is 2. The zero-order valence-corrected chi connectivity index (χ0v) is 10.7. The molecule has 94 valence electrons. The van der Waals surface area contributed by atoms with E-state index < -0.39 is 0 Å². The summed E-state index contributed by atoms with van der Waals surface area (Å²) in [6.07, 6.45) is 0. The zero-order chi connectivity index (χ0) is 13.0. The Hall–Kier alpha value is -1.74. The van der Waals surface area contributed by atoms with Crippen molar-refractivity contribution >= 4 is 17.3 Å². The van der Waals surface area contributed by atoms with E-state index >= 15 is 0 Å². The summed E-state index contributed by atoms with van der Waals surface area (Å²) < 4.78 is 18.3. The van der Waals surface area contributed by atoms with Crippen LogP contribution >= 0.6 is 11.6 Å². The molecule has 0 aliphatic rings. The Morgan fingerprint density at radius 1 is 1.22 bits per heavy atom. The molecular formula is C14H13ClFNO. The normalized spacial score (nSPS) is 10.2. The van der Waals surface area contributed by atoms with Gasteiger partial charge in [-0.25, -0.2) is 4.39 Å². The van der Waals surface area contributed by atoms with Gasteiger partial charge in [0.15, 0.2) is 0 Å². The maximum absolute atomic E-state index is 13.0. The van der Waals surface area contributed by atoms with E-state index in [4.69, 9.17) is 16.3 Å². The lowest BCUT2D eigenvalue weighted by molar-refractivity contribution is 0.410. The Labute approximate surface area is 110 Å². The van der Waals surface area contributed by atoms with E-state index in [-0.39, 0.29) is 5.82 Å². The standard InChI is InChI=1S/C14H13ClFNO/c1-18-14-7-3-6-13(15)12(14)9-17-11-5-2-4-10(16)8-11/h2-8,17H,9H2,1H3. The third-order valence-electron chi connectivity index (χ3n) is 2.59. The lowest BCUT2D eigenvalue weighted by Crippen LogP contribution is -2.02. The van der Waals surface area contributed by atoms with Gasteiger partial charge in [0.25, 0.3) is 0 Å². The molecule has 0 atom stereocenters. The van der Waals surface area contributed by atoms with Gasteiger partial charge in [-0.05, 0) is 30.3 Å². The number of hydrogen-bond donors (Lipinski definition) is 1. The average Bonchev–Trinajstić information content (AvgIpc) is 2.37. The topological polar surface area (TPSA) is 21.3 Å². The van der Waals surface area contributed by atoms with E-state index in [1.807, 2.05) is 12.1 Å². The van der Waals surface area contributed by atoms with Gasteiger partial charge < -0.3 is 10.1 Å². The first-order valence-electron chi connectivity index (χ1n) is 5.51. The second kappa shape index (κ2) is 5.74. The molecule has 0 aliphatic carbocycles. The summed E-state index contributed by atoms with van der Waals surface area (Å²) in [4.78, 5) is 0. The van der Waals surface area contributed by atoms with Crippen LogP contribution in [0.2, 0.25) is 5.02 Å². The van der Waals surface area contributed by atoms with Crippen LogP contribution in [0.25, 0.3) is 0 Å². The van der Waals surface area contributed by atoms with E-state index in [1.54, 1.807) is 25.3 Å². The van der Waals surface area contributed by atoms with Crippen molar-refractivity contribution in [3.05, 3.63) is 58.9 Å². The molecule has 2 nitrogen and oxygen atoms in total. The molecule has 2 rings (SSSR count). The summed E-state index contributed by atoms with van der Waals surface area (Å²) in [6.45, 7) is 0.478. The van der Waals surface area contributed by atoms with Gasteiger partial charge in [-0.1, -0.05) is 23.7 Å². The van der Waals surface area contributed by atoms with Gasteiger partial charge in [0.1, 0.15) is 11.6 Å². The molecule has 2 aromatic carbocycles. The van der Waals surface area contributed by atoms with E-state index in [0.717, 1.165) is 5.56 Å². The molecule has 0 unspecified atom stereocenters. The number of rotatable bonds is 4. The van der Waals surface area contributed by atoms with Crippen molar-refractivity contribution in [2.45, 2.75) is 6.54 Å². The molecule has 0 bridgehead atoms. The van der Waals surface area contributed by atoms with Crippen LogP contribution in [0.15, 0.2) is 42.5 Å². The molecule has 0 saturated carbocycles. The Bertz CT molecular complexity index is 545. The molecular weight excluding hydrogens is 253 g/mol. The van der Waals surface area contributed by atoms with Gasteiger partial charge >= 0.3 is 0 Å². The fraction of sp³-hybridized carbons (Fsp3) is 0.143. The van der Waals surface area contributed by atoms with E-state index in [1.165, 1.54) is 12.1 Å². The number of methoxy groups -OCH3 is 1. The molecule has 0 saturated heterocycles. The van der Waals surface area contributed by atoms with E-state index in [0.29, 0.717) is 23.0 Å². The molecule has 0 heterocycles. The van der Waals surface area contributed by atoms with Crippen molar-refractivity contribution in [1.29, 1.82) is 0 Å². The Morgan fingerprint density at radius 3 is 2.72 bits per heavy atom. The third-order valence-corrected chi connectivity index (χ3v) is 2.94. The Kier molecular flexibility index (Phi) is 4.05. The second-order valence-corrected chi connectivity index (χ2v) is 4.19. The maximum atomic E-state index is 13.0. The second-order valence-electron chi connectivity index (χ2n) is 3.78. The number of benzene rings is 2. The van der Waals surface area contributed by atoms with Crippen molar-refractivity contribution < 1.29 is 9.13 Å². The predicted octanol–water partition coefficient (Wildman–Crippen LogP) is 4.10.